The van der Waals surface area contributed by atoms with Crippen molar-refractivity contribution in [2.45, 2.75) is 13.8 Å². The van der Waals surface area contributed by atoms with Gasteiger partial charge in [0, 0.05) is 22.9 Å². The molecule has 3 aromatic rings. The maximum absolute atomic E-state index is 12.0. The van der Waals surface area contributed by atoms with Gasteiger partial charge >= 0.3 is 0 Å². The van der Waals surface area contributed by atoms with Crippen LogP contribution in [0.5, 0.6) is 0 Å². The lowest BCUT2D eigenvalue weighted by Crippen LogP contribution is -2.30. The first-order valence-corrected chi connectivity index (χ1v) is 9.96. The highest BCUT2D eigenvalue weighted by molar-refractivity contribution is 6.14. The van der Waals surface area contributed by atoms with Gasteiger partial charge < -0.3 is 5.32 Å². The van der Waals surface area contributed by atoms with E-state index in [1.165, 1.54) is 0 Å². The van der Waals surface area contributed by atoms with Crippen molar-refractivity contribution in [1.29, 1.82) is 0 Å². The Labute approximate surface area is 188 Å². The largest absolute Gasteiger partial charge is 0.329 e. The smallest absolute Gasteiger partial charge is 0.258 e. The quantitative estimate of drug-likeness (QED) is 0.563. The zero-order valence-corrected chi connectivity index (χ0v) is 18.2. The van der Waals surface area contributed by atoms with Gasteiger partial charge in [0.2, 0.25) is 5.91 Å². The van der Waals surface area contributed by atoms with Crippen LogP contribution in [0.3, 0.4) is 0 Å². The number of hydrogen-bond acceptors (Lipinski definition) is 3. The number of carbonyl (C=O) groups is 3. The maximum atomic E-state index is 12.0. The Morgan fingerprint density at radius 1 is 0.750 bits per heavy atom. The van der Waals surface area contributed by atoms with Crippen molar-refractivity contribution in [3.8, 4) is 0 Å². The van der Waals surface area contributed by atoms with Crippen LogP contribution in [0.25, 0.3) is 16.8 Å². The van der Waals surface area contributed by atoms with E-state index in [4.69, 9.17) is 0 Å². The highest BCUT2D eigenvalue weighted by atomic mass is 16.2. The van der Waals surface area contributed by atoms with Crippen molar-refractivity contribution >= 4 is 34.6 Å². The van der Waals surface area contributed by atoms with Gasteiger partial charge in [0.05, 0.1) is 0 Å². The van der Waals surface area contributed by atoms with Gasteiger partial charge in [0.1, 0.15) is 0 Å². The number of nitrogens with one attached hydrogen (secondary N) is 2. The molecule has 0 aromatic heterocycles. The first-order chi connectivity index (χ1) is 15.3. The zero-order valence-electron chi connectivity index (χ0n) is 18.2. The Morgan fingerprint density at radius 3 is 2.00 bits per heavy atom. The second-order valence-electron chi connectivity index (χ2n) is 7.09. The second-order valence-corrected chi connectivity index (χ2v) is 7.09. The molecular weight excluding hydrogens is 400 g/mol. The predicted octanol–water partition coefficient (Wildman–Crippen LogP) is 5.02. The van der Waals surface area contributed by atoms with Crippen LogP contribution in [0.2, 0.25) is 0 Å². The number of amides is 3. The van der Waals surface area contributed by atoms with Crippen molar-refractivity contribution in [2.75, 3.05) is 0 Å². The van der Waals surface area contributed by atoms with E-state index in [1.54, 1.807) is 32.2 Å². The summed E-state index contributed by atoms with van der Waals surface area (Å²) < 4.78 is 0. The third-order valence-electron chi connectivity index (χ3n) is 4.33. The van der Waals surface area contributed by atoms with Crippen LogP contribution >= 0.6 is 0 Å². The third-order valence-corrected chi connectivity index (χ3v) is 4.33. The molecule has 0 saturated heterocycles. The van der Waals surface area contributed by atoms with Crippen molar-refractivity contribution in [3.63, 3.8) is 0 Å². The molecule has 5 heteroatoms. The third kappa shape index (κ3) is 7.22. The topological polar surface area (TPSA) is 75.3 Å². The van der Waals surface area contributed by atoms with E-state index in [0.717, 1.165) is 16.3 Å². The van der Waals surface area contributed by atoms with Crippen LogP contribution in [0.15, 0.2) is 103 Å². The lowest BCUT2D eigenvalue weighted by molar-refractivity contribution is -0.117. The standard InChI is InChI=1S/C15H13NO2.C12H13NO/c1-10(2)14(17)16-15(18)13-9-5-7-11-6-3-4-8-12(11)13;1-10(2)12(14)13-9-8-11-6-4-3-5-7-11/h3-9H,1H2,2H3,(H,16,17,18);3-9H,1H2,2H3,(H,13,14). The van der Waals surface area contributed by atoms with Gasteiger partial charge in [-0.3, -0.25) is 19.7 Å². The summed E-state index contributed by atoms with van der Waals surface area (Å²) in [7, 11) is 0. The average molecular weight is 427 g/mol. The molecule has 162 valence electrons. The van der Waals surface area contributed by atoms with Crippen molar-refractivity contribution in [1.82, 2.24) is 10.6 Å². The molecule has 0 unspecified atom stereocenters. The molecule has 2 N–H and O–H groups in total. The van der Waals surface area contributed by atoms with Gasteiger partial charge in [-0.2, -0.15) is 0 Å². The van der Waals surface area contributed by atoms with Crippen LogP contribution in [0.4, 0.5) is 0 Å². The maximum Gasteiger partial charge on any atom is 0.258 e. The summed E-state index contributed by atoms with van der Waals surface area (Å²) in [5.74, 6) is -1.01. The Balaban J connectivity index is 0.000000235. The molecule has 3 aromatic carbocycles. The Morgan fingerprint density at radius 2 is 1.34 bits per heavy atom. The normalized spacial score (nSPS) is 10.1. The second kappa shape index (κ2) is 11.8. The van der Waals surface area contributed by atoms with E-state index >= 15 is 0 Å². The molecule has 0 aliphatic rings. The Kier molecular flexibility index (Phi) is 8.87. The van der Waals surface area contributed by atoms with Gasteiger partial charge in [-0.1, -0.05) is 79.9 Å². The summed E-state index contributed by atoms with van der Waals surface area (Å²) in [5.41, 5.74) is 2.35. The molecular formula is C27H26N2O3. The highest BCUT2D eigenvalue weighted by Crippen LogP contribution is 2.18. The number of imide groups is 1. The fraction of sp³-hybridized carbons (Fsp3) is 0.0741. The molecule has 0 spiro atoms. The summed E-state index contributed by atoms with van der Waals surface area (Å²) >= 11 is 0. The Hall–Kier alpha value is -4.25. The molecule has 3 rings (SSSR count). The minimum Gasteiger partial charge on any atom is -0.329 e. The van der Waals surface area contributed by atoms with E-state index in [0.29, 0.717) is 16.7 Å². The van der Waals surface area contributed by atoms with E-state index in [-0.39, 0.29) is 5.91 Å². The van der Waals surface area contributed by atoms with Crippen LogP contribution in [0.1, 0.15) is 29.8 Å². The zero-order chi connectivity index (χ0) is 23.5. The Bertz CT molecular complexity index is 1170. The van der Waals surface area contributed by atoms with Gasteiger partial charge in [-0.15, -0.1) is 0 Å². The molecule has 3 amide bonds. The lowest BCUT2D eigenvalue weighted by Gasteiger charge is -2.06. The number of carbonyl (C=O) groups excluding carboxylic acids is 3. The van der Waals surface area contributed by atoms with E-state index in [1.807, 2.05) is 66.7 Å². The molecule has 0 saturated carbocycles. The number of rotatable bonds is 5. The van der Waals surface area contributed by atoms with Gasteiger partial charge in [-0.25, -0.2) is 0 Å². The molecule has 0 fully saturated rings. The molecule has 0 aliphatic carbocycles. The number of fused-ring (bicyclic) bond motifs is 1. The first-order valence-electron chi connectivity index (χ1n) is 9.96. The van der Waals surface area contributed by atoms with Crippen molar-refractivity contribution in [3.05, 3.63) is 114 Å². The van der Waals surface area contributed by atoms with Crippen molar-refractivity contribution in [2.24, 2.45) is 0 Å². The molecule has 0 atom stereocenters. The van der Waals surface area contributed by atoms with Gasteiger partial charge in [0.25, 0.3) is 11.8 Å². The molecule has 32 heavy (non-hydrogen) atoms. The molecule has 0 bridgehead atoms. The fourth-order valence-corrected chi connectivity index (χ4v) is 2.60. The van der Waals surface area contributed by atoms with Crippen LogP contribution < -0.4 is 10.6 Å². The van der Waals surface area contributed by atoms with Crippen molar-refractivity contribution < 1.29 is 14.4 Å². The summed E-state index contributed by atoms with van der Waals surface area (Å²) in [4.78, 5) is 34.5. The van der Waals surface area contributed by atoms with E-state index in [2.05, 4.69) is 23.8 Å². The monoisotopic (exact) mass is 426 g/mol. The number of hydrogen-bond donors (Lipinski definition) is 2. The fourth-order valence-electron chi connectivity index (χ4n) is 2.60. The summed E-state index contributed by atoms with van der Waals surface area (Å²) in [6.07, 6.45) is 3.45. The van der Waals surface area contributed by atoms with Crippen LogP contribution in [-0.2, 0) is 9.59 Å². The first kappa shape index (κ1) is 24.0. The van der Waals surface area contributed by atoms with E-state index in [9.17, 15) is 14.4 Å². The summed E-state index contributed by atoms with van der Waals surface area (Å²) in [6, 6.07) is 22.7. The minimum absolute atomic E-state index is 0.155. The van der Waals surface area contributed by atoms with Crippen LogP contribution in [0, 0.1) is 0 Å². The summed E-state index contributed by atoms with van der Waals surface area (Å²) in [6.45, 7) is 10.3. The van der Waals surface area contributed by atoms with Gasteiger partial charge in [-0.05, 0) is 42.3 Å². The van der Waals surface area contributed by atoms with Crippen LogP contribution in [-0.4, -0.2) is 17.7 Å². The highest BCUT2D eigenvalue weighted by Gasteiger charge is 2.13. The molecule has 0 aliphatic heterocycles. The average Bonchev–Trinajstić information content (AvgIpc) is 2.79. The predicted molar refractivity (Wildman–Crippen MR) is 130 cm³/mol. The SMILES string of the molecule is C=C(C)C(=O)NC(=O)c1cccc2ccccc12.C=C(C)C(=O)NC=Cc1ccccc1. The molecule has 5 nitrogen and oxygen atoms in total. The number of benzene rings is 3. The summed E-state index contributed by atoms with van der Waals surface area (Å²) in [5, 5.41) is 6.71. The molecule has 0 heterocycles. The van der Waals surface area contributed by atoms with Gasteiger partial charge in [0.15, 0.2) is 0 Å². The minimum atomic E-state index is -0.451. The lowest BCUT2D eigenvalue weighted by atomic mass is 10.0. The molecule has 0 radical (unpaired) electrons. The van der Waals surface area contributed by atoms with E-state index < -0.39 is 11.8 Å².